The minimum absolute atomic E-state index is 1.18. The van der Waals surface area contributed by atoms with E-state index in [2.05, 4.69) is 179 Å². The van der Waals surface area contributed by atoms with Crippen LogP contribution < -0.4 is 0 Å². The molecule has 0 saturated heterocycles. The SMILES string of the molecule is c1ccc2c(c1)c(-n1c3ccccc3c3ccccc31)cc1c3ccccc3c3cc(-n4c5ccccc5c5ccccc54)ccc3c21. The minimum atomic E-state index is 1.18. The van der Waals surface area contributed by atoms with E-state index in [0.29, 0.717) is 0 Å². The summed E-state index contributed by atoms with van der Waals surface area (Å²) >= 11 is 0. The Kier molecular flexibility index (Phi) is 5.14. The average molecular weight is 609 g/mol. The van der Waals surface area contributed by atoms with Crippen LogP contribution in [0, 0.1) is 0 Å². The van der Waals surface area contributed by atoms with Crippen LogP contribution in [0.4, 0.5) is 0 Å². The Morgan fingerprint density at radius 2 is 0.646 bits per heavy atom. The molecule has 2 heterocycles. The summed E-state index contributed by atoms with van der Waals surface area (Å²) in [6.07, 6.45) is 0. The summed E-state index contributed by atoms with van der Waals surface area (Å²) in [5.74, 6) is 0. The number of rotatable bonds is 2. The largest absolute Gasteiger partial charge is 0.309 e. The van der Waals surface area contributed by atoms with Gasteiger partial charge in [0.2, 0.25) is 0 Å². The Morgan fingerprint density at radius 1 is 0.250 bits per heavy atom. The van der Waals surface area contributed by atoms with Gasteiger partial charge in [0.05, 0.1) is 27.8 Å². The summed E-state index contributed by atoms with van der Waals surface area (Å²) < 4.78 is 4.89. The quantitative estimate of drug-likeness (QED) is 0.173. The summed E-state index contributed by atoms with van der Waals surface area (Å²) in [6, 6.07) is 62.5. The summed E-state index contributed by atoms with van der Waals surface area (Å²) in [5, 5.41) is 15.3. The lowest BCUT2D eigenvalue weighted by atomic mass is 9.90. The van der Waals surface area contributed by atoms with Crippen molar-refractivity contribution in [2.45, 2.75) is 0 Å². The lowest BCUT2D eigenvalue weighted by molar-refractivity contribution is 1.19. The van der Waals surface area contributed by atoms with E-state index in [-0.39, 0.29) is 0 Å². The Bertz CT molecular complexity index is 3010. The van der Waals surface area contributed by atoms with E-state index in [0.717, 1.165) is 0 Å². The number of aromatic nitrogens is 2. The number of hydrogen-bond acceptors (Lipinski definition) is 0. The van der Waals surface area contributed by atoms with Crippen LogP contribution in [0.15, 0.2) is 170 Å². The molecule has 11 aromatic rings. The topological polar surface area (TPSA) is 9.86 Å². The number of benzene rings is 9. The van der Waals surface area contributed by atoms with Crippen LogP contribution >= 0.6 is 0 Å². The van der Waals surface area contributed by atoms with Crippen molar-refractivity contribution in [3.8, 4) is 11.4 Å². The maximum absolute atomic E-state index is 2.47. The van der Waals surface area contributed by atoms with Crippen LogP contribution in [0.25, 0.3) is 98.1 Å². The van der Waals surface area contributed by atoms with Gasteiger partial charge in [-0.25, -0.2) is 0 Å². The summed E-state index contributed by atoms with van der Waals surface area (Å²) in [4.78, 5) is 0. The fourth-order valence-corrected chi connectivity index (χ4v) is 8.49. The first-order valence-corrected chi connectivity index (χ1v) is 16.6. The molecule has 0 aliphatic heterocycles. The smallest absolute Gasteiger partial charge is 0.0547 e. The Morgan fingerprint density at radius 3 is 1.19 bits per heavy atom. The van der Waals surface area contributed by atoms with Gasteiger partial charge in [-0.1, -0.05) is 127 Å². The van der Waals surface area contributed by atoms with E-state index in [4.69, 9.17) is 0 Å². The molecule has 2 nitrogen and oxygen atoms in total. The molecule has 2 heteroatoms. The highest BCUT2D eigenvalue weighted by Crippen LogP contribution is 2.44. The van der Waals surface area contributed by atoms with Gasteiger partial charge in [-0.3, -0.25) is 0 Å². The molecule has 2 aromatic heterocycles. The predicted octanol–water partition coefficient (Wildman–Crippen LogP) is 12.5. The van der Waals surface area contributed by atoms with Gasteiger partial charge in [0.1, 0.15) is 0 Å². The maximum Gasteiger partial charge on any atom is 0.0547 e. The Labute approximate surface area is 276 Å². The van der Waals surface area contributed by atoms with Crippen LogP contribution in [0.2, 0.25) is 0 Å². The molecule has 9 aromatic carbocycles. The van der Waals surface area contributed by atoms with Crippen LogP contribution in [0.5, 0.6) is 0 Å². The molecule has 0 aliphatic carbocycles. The average Bonchev–Trinajstić information content (AvgIpc) is 3.67. The van der Waals surface area contributed by atoms with Crippen molar-refractivity contribution in [1.29, 1.82) is 0 Å². The zero-order chi connectivity index (χ0) is 31.3. The second kappa shape index (κ2) is 9.57. The van der Waals surface area contributed by atoms with Crippen molar-refractivity contribution in [1.82, 2.24) is 9.13 Å². The van der Waals surface area contributed by atoms with Gasteiger partial charge >= 0.3 is 0 Å². The minimum Gasteiger partial charge on any atom is -0.309 e. The standard InChI is InChI=1S/C46H28N2/c1-2-14-31-30(13-1)39-27-29(47-41-21-9-5-15-32(41)33-16-6-10-22-42(33)47)25-26-38(39)46-37-20-4-3-19-36(37)45(28-40(31)46)48-43-23-11-7-17-34(43)35-18-8-12-24-44(35)48/h1-28H. The highest BCUT2D eigenvalue weighted by Gasteiger charge is 2.19. The highest BCUT2D eigenvalue weighted by atomic mass is 15.0. The molecule has 0 unspecified atom stereocenters. The third-order valence-electron chi connectivity index (χ3n) is 10.5. The predicted molar refractivity (Wildman–Crippen MR) is 205 cm³/mol. The zero-order valence-corrected chi connectivity index (χ0v) is 26.1. The molecule has 48 heavy (non-hydrogen) atoms. The van der Waals surface area contributed by atoms with Gasteiger partial charge < -0.3 is 9.13 Å². The van der Waals surface area contributed by atoms with Crippen molar-refractivity contribution in [3.63, 3.8) is 0 Å². The number of hydrogen-bond donors (Lipinski definition) is 0. The van der Waals surface area contributed by atoms with Gasteiger partial charge in [-0.2, -0.15) is 0 Å². The Balaban J connectivity index is 1.29. The van der Waals surface area contributed by atoms with E-state index in [1.165, 1.54) is 98.1 Å². The summed E-state index contributed by atoms with van der Waals surface area (Å²) in [5.41, 5.74) is 7.29. The lowest BCUT2D eigenvalue weighted by Gasteiger charge is -2.18. The van der Waals surface area contributed by atoms with Gasteiger partial charge in [0.15, 0.2) is 0 Å². The van der Waals surface area contributed by atoms with Crippen LogP contribution in [-0.2, 0) is 0 Å². The van der Waals surface area contributed by atoms with Crippen molar-refractivity contribution in [3.05, 3.63) is 170 Å². The molecule has 0 atom stereocenters. The van der Waals surface area contributed by atoms with Crippen molar-refractivity contribution >= 4 is 86.7 Å². The molecule has 0 bridgehead atoms. The molecule has 0 radical (unpaired) electrons. The van der Waals surface area contributed by atoms with E-state index in [1.54, 1.807) is 0 Å². The second-order valence-corrected chi connectivity index (χ2v) is 12.9. The van der Waals surface area contributed by atoms with Gasteiger partial charge in [-0.05, 0) is 80.2 Å². The number of fused-ring (bicyclic) bond motifs is 14. The fourth-order valence-electron chi connectivity index (χ4n) is 8.49. The Hall–Kier alpha value is -6.38. The van der Waals surface area contributed by atoms with E-state index >= 15 is 0 Å². The molecule has 0 spiro atoms. The zero-order valence-electron chi connectivity index (χ0n) is 26.1. The summed E-state index contributed by atoms with van der Waals surface area (Å²) in [7, 11) is 0. The molecule has 0 fully saturated rings. The van der Waals surface area contributed by atoms with Crippen LogP contribution in [0.1, 0.15) is 0 Å². The maximum atomic E-state index is 2.47. The second-order valence-electron chi connectivity index (χ2n) is 12.9. The first-order chi connectivity index (χ1) is 23.8. The van der Waals surface area contributed by atoms with Gasteiger partial charge in [0.25, 0.3) is 0 Å². The van der Waals surface area contributed by atoms with Crippen LogP contribution in [-0.4, -0.2) is 9.13 Å². The number of nitrogens with zero attached hydrogens (tertiary/aromatic N) is 2. The monoisotopic (exact) mass is 608 g/mol. The van der Waals surface area contributed by atoms with Crippen molar-refractivity contribution < 1.29 is 0 Å². The molecule has 0 aliphatic rings. The molecule has 222 valence electrons. The van der Waals surface area contributed by atoms with E-state index in [9.17, 15) is 0 Å². The third kappa shape index (κ3) is 3.36. The summed E-state index contributed by atoms with van der Waals surface area (Å²) in [6.45, 7) is 0. The van der Waals surface area contributed by atoms with Crippen molar-refractivity contribution in [2.75, 3.05) is 0 Å². The molecule has 0 N–H and O–H groups in total. The fraction of sp³-hybridized carbons (Fsp3) is 0. The molecule has 0 amide bonds. The first kappa shape index (κ1) is 25.8. The van der Waals surface area contributed by atoms with Crippen LogP contribution in [0.3, 0.4) is 0 Å². The highest BCUT2D eigenvalue weighted by molar-refractivity contribution is 6.33. The molecule has 11 rings (SSSR count). The first-order valence-electron chi connectivity index (χ1n) is 16.6. The lowest BCUT2D eigenvalue weighted by Crippen LogP contribution is -1.97. The third-order valence-corrected chi connectivity index (χ3v) is 10.5. The number of para-hydroxylation sites is 4. The van der Waals surface area contributed by atoms with Crippen molar-refractivity contribution in [2.24, 2.45) is 0 Å². The van der Waals surface area contributed by atoms with Gasteiger partial charge in [-0.15, -0.1) is 0 Å². The molecular weight excluding hydrogens is 581 g/mol. The molecular formula is C46H28N2. The normalized spacial score (nSPS) is 12.2. The van der Waals surface area contributed by atoms with E-state index < -0.39 is 0 Å². The molecule has 0 saturated carbocycles. The van der Waals surface area contributed by atoms with Gasteiger partial charge in [0, 0.05) is 32.6 Å². The van der Waals surface area contributed by atoms with E-state index in [1.807, 2.05) is 0 Å².